The average molecular weight is 242 g/mol. The second-order valence-corrected chi connectivity index (χ2v) is 4.21. The van der Waals surface area contributed by atoms with Gasteiger partial charge in [-0.3, -0.25) is 4.79 Å². The number of hydrogen-bond donors (Lipinski definition) is 2. The monoisotopic (exact) mass is 241 g/mol. The van der Waals surface area contributed by atoms with Gasteiger partial charge < -0.3 is 11.1 Å². The molecule has 1 heterocycles. The third-order valence-corrected chi connectivity index (χ3v) is 2.29. The van der Waals surface area contributed by atoms with Crippen LogP contribution in [-0.4, -0.2) is 16.9 Å². The van der Waals surface area contributed by atoms with E-state index in [2.05, 4.69) is 10.3 Å². The summed E-state index contributed by atoms with van der Waals surface area (Å²) in [6.45, 7) is 1.93. The van der Waals surface area contributed by atoms with Gasteiger partial charge in [0.05, 0.1) is 0 Å². The van der Waals surface area contributed by atoms with Crippen LogP contribution in [0.5, 0.6) is 0 Å². The number of nitrogens with one attached hydrogen (secondary N) is 1. The predicted octanol–water partition coefficient (Wildman–Crippen LogP) is 2.19. The molecular formula is C11H16ClN3O. The lowest BCUT2D eigenvalue weighted by Crippen LogP contribution is -2.17. The number of anilines is 1. The van der Waals surface area contributed by atoms with Crippen LogP contribution in [0, 0.1) is 0 Å². The zero-order valence-corrected chi connectivity index (χ0v) is 10.00. The number of halogens is 1. The zero-order chi connectivity index (χ0) is 12.0. The van der Waals surface area contributed by atoms with E-state index in [1.54, 1.807) is 18.3 Å². The Morgan fingerprint density at radius 1 is 1.69 bits per heavy atom. The molecule has 1 rings (SSSR count). The van der Waals surface area contributed by atoms with E-state index in [1.165, 1.54) is 0 Å². The summed E-state index contributed by atoms with van der Waals surface area (Å²) >= 11 is 5.77. The highest BCUT2D eigenvalue weighted by Crippen LogP contribution is 2.12. The minimum Gasteiger partial charge on any atom is -0.328 e. The van der Waals surface area contributed by atoms with Gasteiger partial charge in [-0.05, 0) is 31.9 Å². The second-order valence-electron chi connectivity index (χ2n) is 3.78. The van der Waals surface area contributed by atoms with Gasteiger partial charge in [-0.25, -0.2) is 4.98 Å². The van der Waals surface area contributed by atoms with Crippen LogP contribution in [0.25, 0.3) is 0 Å². The maximum absolute atomic E-state index is 11.5. The van der Waals surface area contributed by atoms with Crippen LogP contribution in [0.2, 0.25) is 5.02 Å². The molecule has 0 radical (unpaired) electrons. The van der Waals surface area contributed by atoms with Gasteiger partial charge in [-0.15, -0.1) is 0 Å². The first-order valence-corrected chi connectivity index (χ1v) is 5.62. The third kappa shape index (κ3) is 5.09. The molecule has 1 amide bonds. The van der Waals surface area contributed by atoms with Gasteiger partial charge in [0.2, 0.25) is 5.91 Å². The van der Waals surface area contributed by atoms with Crippen molar-refractivity contribution in [3.05, 3.63) is 23.4 Å². The summed E-state index contributed by atoms with van der Waals surface area (Å²) in [5.74, 6) is 0.425. The third-order valence-electron chi connectivity index (χ3n) is 2.05. The summed E-state index contributed by atoms with van der Waals surface area (Å²) in [7, 11) is 0. The van der Waals surface area contributed by atoms with Crippen LogP contribution < -0.4 is 11.1 Å². The van der Waals surface area contributed by atoms with Crippen LogP contribution in [0.1, 0.15) is 26.2 Å². The molecule has 88 valence electrons. The Kier molecular flexibility index (Phi) is 5.22. The molecule has 3 N–H and O–H groups in total. The van der Waals surface area contributed by atoms with E-state index in [0.29, 0.717) is 17.3 Å². The molecule has 1 unspecified atom stereocenters. The molecule has 1 aromatic rings. The van der Waals surface area contributed by atoms with Crippen molar-refractivity contribution < 1.29 is 4.79 Å². The summed E-state index contributed by atoms with van der Waals surface area (Å²) in [6, 6.07) is 3.41. The van der Waals surface area contributed by atoms with Crippen molar-refractivity contribution in [3.63, 3.8) is 0 Å². The molecule has 0 saturated carbocycles. The average Bonchev–Trinajstić information content (AvgIpc) is 2.16. The summed E-state index contributed by atoms with van der Waals surface area (Å²) in [4.78, 5) is 15.5. The quantitative estimate of drug-likeness (QED) is 0.830. The van der Waals surface area contributed by atoms with Crippen molar-refractivity contribution in [3.8, 4) is 0 Å². The highest BCUT2D eigenvalue weighted by molar-refractivity contribution is 6.30. The fraction of sp³-hybridized carbons (Fsp3) is 0.455. The van der Waals surface area contributed by atoms with Crippen molar-refractivity contribution in [2.24, 2.45) is 5.73 Å². The van der Waals surface area contributed by atoms with Crippen LogP contribution in [0.15, 0.2) is 18.3 Å². The molecule has 1 atom stereocenters. The van der Waals surface area contributed by atoms with E-state index in [4.69, 9.17) is 17.3 Å². The van der Waals surface area contributed by atoms with E-state index in [9.17, 15) is 4.79 Å². The van der Waals surface area contributed by atoms with E-state index in [0.717, 1.165) is 12.8 Å². The molecule has 0 fully saturated rings. The Morgan fingerprint density at radius 3 is 3.06 bits per heavy atom. The van der Waals surface area contributed by atoms with Crippen LogP contribution in [-0.2, 0) is 4.79 Å². The van der Waals surface area contributed by atoms with Crippen LogP contribution >= 0.6 is 11.6 Å². The lowest BCUT2D eigenvalue weighted by atomic mass is 10.1. The minimum atomic E-state index is -0.0598. The number of carbonyl (C=O) groups is 1. The van der Waals surface area contributed by atoms with Gasteiger partial charge in [0.1, 0.15) is 5.82 Å². The number of amides is 1. The normalized spacial score (nSPS) is 12.2. The van der Waals surface area contributed by atoms with E-state index >= 15 is 0 Å². The zero-order valence-electron chi connectivity index (χ0n) is 9.24. The first-order chi connectivity index (χ1) is 7.58. The van der Waals surface area contributed by atoms with Gasteiger partial charge in [0.25, 0.3) is 0 Å². The first kappa shape index (κ1) is 12.9. The molecule has 4 nitrogen and oxygen atoms in total. The van der Waals surface area contributed by atoms with Crippen LogP contribution in [0.4, 0.5) is 5.82 Å². The number of rotatable bonds is 5. The van der Waals surface area contributed by atoms with Gasteiger partial charge in [0, 0.05) is 23.7 Å². The van der Waals surface area contributed by atoms with E-state index < -0.39 is 0 Å². The maximum Gasteiger partial charge on any atom is 0.225 e. The number of carbonyl (C=O) groups excluding carboxylic acids is 1. The SMILES string of the molecule is CC(N)CCCC(=O)Nc1cc(Cl)ccn1. The van der Waals surface area contributed by atoms with Crippen molar-refractivity contribution >= 4 is 23.3 Å². The number of nitrogens with two attached hydrogens (primary N) is 1. The van der Waals surface area contributed by atoms with Gasteiger partial charge in [0.15, 0.2) is 0 Å². The number of aromatic nitrogens is 1. The molecule has 1 aromatic heterocycles. The predicted molar refractivity (Wildman–Crippen MR) is 65.4 cm³/mol. The molecular weight excluding hydrogens is 226 g/mol. The number of hydrogen-bond acceptors (Lipinski definition) is 3. The molecule has 0 bridgehead atoms. The Labute approximate surface area is 100 Å². The Bertz CT molecular complexity index is 355. The molecule has 0 aliphatic carbocycles. The van der Waals surface area contributed by atoms with Gasteiger partial charge >= 0.3 is 0 Å². The van der Waals surface area contributed by atoms with Crippen molar-refractivity contribution in [1.29, 1.82) is 0 Å². The Morgan fingerprint density at radius 2 is 2.44 bits per heavy atom. The lowest BCUT2D eigenvalue weighted by molar-refractivity contribution is -0.116. The van der Waals surface area contributed by atoms with Gasteiger partial charge in [-0.1, -0.05) is 11.6 Å². The summed E-state index contributed by atoms with van der Waals surface area (Å²) in [5, 5.41) is 3.24. The van der Waals surface area contributed by atoms with Crippen LogP contribution in [0.3, 0.4) is 0 Å². The fourth-order valence-electron chi connectivity index (χ4n) is 1.26. The highest BCUT2D eigenvalue weighted by Gasteiger charge is 2.04. The smallest absolute Gasteiger partial charge is 0.225 e. The molecule has 0 aromatic carbocycles. The Balaban J connectivity index is 2.34. The largest absolute Gasteiger partial charge is 0.328 e. The summed E-state index contributed by atoms with van der Waals surface area (Å²) < 4.78 is 0. The van der Waals surface area contributed by atoms with E-state index in [-0.39, 0.29) is 11.9 Å². The topological polar surface area (TPSA) is 68.0 Å². The van der Waals surface area contributed by atoms with Crippen molar-refractivity contribution in [2.45, 2.75) is 32.2 Å². The standard InChI is InChI=1S/C11H16ClN3O/c1-8(13)3-2-4-11(16)15-10-7-9(12)5-6-14-10/h5-8H,2-4,13H2,1H3,(H,14,15,16). The van der Waals surface area contributed by atoms with Crippen molar-refractivity contribution in [1.82, 2.24) is 4.98 Å². The first-order valence-electron chi connectivity index (χ1n) is 5.25. The molecule has 16 heavy (non-hydrogen) atoms. The molecule has 0 saturated heterocycles. The summed E-state index contributed by atoms with van der Waals surface area (Å²) in [6.07, 6.45) is 3.64. The molecule has 0 aliphatic rings. The van der Waals surface area contributed by atoms with E-state index in [1.807, 2.05) is 6.92 Å². The lowest BCUT2D eigenvalue weighted by Gasteiger charge is -2.06. The fourth-order valence-corrected chi connectivity index (χ4v) is 1.42. The summed E-state index contributed by atoms with van der Waals surface area (Å²) in [5.41, 5.74) is 5.59. The maximum atomic E-state index is 11.5. The number of nitrogens with zero attached hydrogens (tertiary/aromatic N) is 1. The minimum absolute atomic E-state index is 0.0598. The second kappa shape index (κ2) is 6.45. The molecule has 0 aliphatic heterocycles. The number of pyridine rings is 1. The Hall–Kier alpha value is -1.13. The van der Waals surface area contributed by atoms with Crippen molar-refractivity contribution in [2.75, 3.05) is 5.32 Å². The molecule has 5 heteroatoms. The highest BCUT2D eigenvalue weighted by atomic mass is 35.5. The van der Waals surface area contributed by atoms with Gasteiger partial charge in [-0.2, -0.15) is 0 Å². The molecule has 0 spiro atoms.